The molecular formula is C19H25NO3S. The van der Waals surface area contributed by atoms with Gasteiger partial charge in [-0.3, -0.25) is 4.72 Å². The molecule has 0 fully saturated rings. The fourth-order valence-corrected chi connectivity index (χ4v) is 3.73. The molecule has 0 aliphatic rings. The second-order valence-electron chi connectivity index (χ2n) is 6.76. The quantitative estimate of drug-likeness (QED) is 0.867. The third-order valence-corrected chi connectivity index (χ3v) is 5.28. The zero-order valence-corrected chi connectivity index (χ0v) is 15.7. The van der Waals surface area contributed by atoms with Gasteiger partial charge < -0.3 is 4.74 Å². The van der Waals surface area contributed by atoms with Gasteiger partial charge in [-0.2, -0.15) is 0 Å². The predicted octanol–water partition coefficient (Wildman–Crippen LogP) is 4.49. The first-order valence-corrected chi connectivity index (χ1v) is 9.49. The van der Waals surface area contributed by atoms with Crippen molar-refractivity contribution in [2.45, 2.75) is 44.9 Å². The highest BCUT2D eigenvalue weighted by atomic mass is 32.2. The summed E-state index contributed by atoms with van der Waals surface area (Å²) < 4.78 is 33.9. The molecule has 5 heteroatoms. The summed E-state index contributed by atoms with van der Waals surface area (Å²) in [6.45, 7) is 10.3. The molecule has 0 heterocycles. The SMILES string of the molecule is CCOc1ccccc1NS(=O)(=O)c1cc(C(C)(C)C)ccc1C. The lowest BCUT2D eigenvalue weighted by molar-refractivity contribution is 0.342. The zero-order chi connectivity index (χ0) is 18.0. The minimum Gasteiger partial charge on any atom is -0.492 e. The number of hydrogen-bond donors (Lipinski definition) is 1. The Hall–Kier alpha value is -2.01. The molecule has 0 bridgehead atoms. The smallest absolute Gasteiger partial charge is 0.262 e. The van der Waals surface area contributed by atoms with Crippen molar-refractivity contribution in [3.8, 4) is 5.75 Å². The maximum atomic E-state index is 12.9. The Labute approximate surface area is 144 Å². The summed E-state index contributed by atoms with van der Waals surface area (Å²) >= 11 is 0. The molecule has 0 radical (unpaired) electrons. The van der Waals surface area contributed by atoms with Crippen LogP contribution < -0.4 is 9.46 Å². The van der Waals surface area contributed by atoms with E-state index in [4.69, 9.17) is 4.74 Å². The fraction of sp³-hybridized carbons (Fsp3) is 0.368. The number of benzene rings is 2. The molecule has 1 N–H and O–H groups in total. The minimum atomic E-state index is -3.70. The van der Waals surface area contributed by atoms with Crippen LogP contribution in [-0.4, -0.2) is 15.0 Å². The molecule has 2 aromatic carbocycles. The van der Waals surface area contributed by atoms with Gasteiger partial charge in [0.2, 0.25) is 0 Å². The minimum absolute atomic E-state index is 0.124. The molecule has 4 nitrogen and oxygen atoms in total. The van der Waals surface area contributed by atoms with Crippen LogP contribution in [0.15, 0.2) is 47.4 Å². The number of aryl methyl sites for hydroxylation is 1. The van der Waals surface area contributed by atoms with Gasteiger partial charge in [-0.25, -0.2) is 8.42 Å². The second-order valence-corrected chi connectivity index (χ2v) is 8.42. The van der Waals surface area contributed by atoms with Crippen LogP contribution in [0.5, 0.6) is 5.75 Å². The normalized spacial score (nSPS) is 12.0. The Morgan fingerprint density at radius 2 is 1.75 bits per heavy atom. The van der Waals surface area contributed by atoms with Crippen molar-refractivity contribution in [3.05, 3.63) is 53.6 Å². The lowest BCUT2D eigenvalue weighted by Gasteiger charge is -2.21. The number of hydrogen-bond acceptors (Lipinski definition) is 3. The zero-order valence-electron chi connectivity index (χ0n) is 14.9. The van der Waals surface area contributed by atoms with E-state index in [2.05, 4.69) is 25.5 Å². The standard InChI is InChI=1S/C19H25NO3S/c1-6-23-17-10-8-7-9-16(17)20-24(21,22)18-13-15(19(3,4)5)12-11-14(18)2/h7-13,20H,6H2,1-5H3. The number of rotatable bonds is 5. The second kappa shape index (κ2) is 6.85. The highest BCUT2D eigenvalue weighted by Gasteiger charge is 2.22. The van der Waals surface area contributed by atoms with E-state index < -0.39 is 10.0 Å². The van der Waals surface area contributed by atoms with Crippen molar-refractivity contribution in [1.29, 1.82) is 0 Å². The van der Waals surface area contributed by atoms with Gasteiger partial charge in [0.25, 0.3) is 10.0 Å². The van der Waals surface area contributed by atoms with E-state index >= 15 is 0 Å². The number of sulfonamides is 1. The molecule has 0 atom stereocenters. The summed E-state index contributed by atoms with van der Waals surface area (Å²) in [5, 5.41) is 0. The third-order valence-electron chi connectivity index (χ3n) is 3.77. The molecule has 2 aromatic rings. The van der Waals surface area contributed by atoms with Crippen molar-refractivity contribution in [2.24, 2.45) is 0 Å². The van der Waals surface area contributed by atoms with Crippen LogP contribution in [0.2, 0.25) is 0 Å². The number of para-hydroxylation sites is 2. The first-order valence-electron chi connectivity index (χ1n) is 8.01. The van der Waals surface area contributed by atoms with Crippen LogP contribution in [0.4, 0.5) is 5.69 Å². The first kappa shape index (κ1) is 18.3. The van der Waals surface area contributed by atoms with Crippen LogP contribution in [0.3, 0.4) is 0 Å². The molecule has 0 aromatic heterocycles. The Balaban J connectivity index is 2.45. The molecule has 0 aliphatic heterocycles. The van der Waals surface area contributed by atoms with Gasteiger partial charge in [0.05, 0.1) is 17.2 Å². The van der Waals surface area contributed by atoms with Crippen LogP contribution in [0, 0.1) is 6.92 Å². The average Bonchev–Trinajstić information content (AvgIpc) is 2.48. The van der Waals surface area contributed by atoms with E-state index in [0.29, 0.717) is 28.5 Å². The van der Waals surface area contributed by atoms with Gasteiger partial charge in [0.1, 0.15) is 5.75 Å². The van der Waals surface area contributed by atoms with E-state index in [9.17, 15) is 8.42 Å². The van der Waals surface area contributed by atoms with Crippen LogP contribution in [-0.2, 0) is 15.4 Å². The third kappa shape index (κ3) is 4.09. The molecule has 0 aliphatic carbocycles. The lowest BCUT2D eigenvalue weighted by Crippen LogP contribution is -2.17. The highest BCUT2D eigenvalue weighted by Crippen LogP contribution is 2.30. The summed E-state index contributed by atoms with van der Waals surface area (Å²) in [7, 11) is -3.70. The average molecular weight is 347 g/mol. The maximum absolute atomic E-state index is 12.9. The van der Waals surface area contributed by atoms with Gasteiger partial charge in [0.15, 0.2) is 0 Å². The Morgan fingerprint density at radius 1 is 1.08 bits per heavy atom. The van der Waals surface area contributed by atoms with E-state index in [1.807, 2.05) is 25.1 Å². The Morgan fingerprint density at radius 3 is 2.38 bits per heavy atom. The summed E-state index contributed by atoms with van der Waals surface area (Å²) in [6.07, 6.45) is 0. The summed E-state index contributed by atoms with van der Waals surface area (Å²) in [5.74, 6) is 0.521. The van der Waals surface area contributed by atoms with Gasteiger partial charge >= 0.3 is 0 Å². The van der Waals surface area contributed by atoms with Crippen molar-refractivity contribution in [2.75, 3.05) is 11.3 Å². The molecule has 0 spiro atoms. The van der Waals surface area contributed by atoms with E-state index in [0.717, 1.165) is 5.56 Å². The van der Waals surface area contributed by atoms with Crippen molar-refractivity contribution in [1.82, 2.24) is 0 Å². The molecule has 0 saturated heterocycles. The van der Waals surface area contributed by atoms with E-state index in [1.54, 1.807) is 31.2 Å². The molecule has 130 valence electrons. The largest absolute Gasteiger partial charge is 0.492 e. The molecule has 0 amide bonds. The molecule has 0 unspecified atom stereocenters. The van der Waals surface area contributed by atoms with Crippen LogP contribution in [0.1, 0.15) is 38.8 Å². The summed E-state index contributed by atoms with van der Waals surface area (Å²) in [4.78, 5) is 0.293. The molecule has 2 rings (SSSR count). The Kier molecular flexibility index (Phi) is 5.23. The Bertz CT molecular complexity index is 821. The fourth-order valence-electron chi connectivity index (χ4n) is 2.39. The first-order chi connectivity index (χ1) is 11.1. The van der Waals surface area contributed by atoms with Crippen molar-refractivity contribution in [3.63, 3.8) is 0 Å². The van der Waals surface area contributed by atoms with Gasteiger partial charge in [-0.05, 0) is 48.6 Å². The van der Waals surface area contributed by atoms with E-state index in [1.165, 1.54) is 0 Å². The monoisotopic (exact) mass is 347 g/mol. The van der Waals surface area contributed by atoms with Crippen LogP contribution in [0.25, 0.3) is 0 Å². The van der Waals surface area contributed by atoms with Crippen LogP contribution >= 0.6 is 0 Å². The summed E-state index contributed by atoms with van der Waals surface area (Å²) in [6, 6.07) is 12.6. The number of anilines is 1. The van der Waals surface area contributed by atoms with E-state index in [-0.39, 0.29) is 5.41 Å². The van der Waals surface area contributed by atoms with Crippen molar-refractivity contribution >= 4 is 15.7 Å². The van der Waals surface area contributed by atoms with Gasteiger partial charge in [-0.1, -0.05) is 45.0 Å². The number of ether oxygens (including phenoxy) is 1. The molecular weight excluding hydrogens is 322 g/mol. The molecule has 24 heavy (non-hydrogen) atoms. The predicted molar refractivity (Wildman–Crippen MR) is 98.3 cm³/mol. The summed E-state index contributed by atoms with van der Waals surface area (Å²) in [5.41, 5.74) is 2.01. The topological polar surface area (TPSA) is 55.4 Å². The molecule has 0 saturated carbocycles. The lowest BCUT2D eigenvalue weighted by atomic mass is 9.87. The van der Waals surface area contributed by atoms with Crippen molar-refractivity contribution < 1.29 is 13.2 Å². The highest BCUT2D eigenvalue weighted by molar-refractivity contribution is 7.92. The van der Waals surface area contributed by atoms with Gasteiger partial charge in [-0.15, -0.1) is 0 Å². The maximum Gasteiger partial charge on any atom is 0.262 e. The number of nitrogens with one attached hydrogen (secondary N) is 1. The van der Waals surface area contributed by atoms with Gasteiger partial charge in [0, 0.05) is 0 Å².